The molecule has 0 spiro atoms. The molecule has 5 nitrogen and oxygen atoms in total. The molecule has 1 aliphatic heterocycles. The highest BCUT2D eigenvalue weighted by Gasteiger charge is 2.28. The minimum absolute atomic E-state index is 0.156. The zero-order chi connectivity index (χ0) is 18.8. The smallest absolute Gasteiger partial charge is 0.226 e. The molecule has 144 valence electrons. The first-order valence-corrected chi connectivity index (χ1v) is 10.2. The number of rotatable bonds is 6. The molecule has 1 N–H and O–H groups in total. The summed E-state index contributed by atoms with van der Waals surface area (Å²) in [6.45, 7) is 5.43. The second-order valence-corrected chi connectivity index (χ2v) is 8.20. The molecule has 1 aromatic carbocycles. The standard InChI is InChI=1S/C21H26ClN3O2/c1-14-19(24-21(27-14)17-4-6-18(22)7-5-17)13-25-10-8-16(9-11-25)20(26)23-12-15-2-3-15/h4-7,15-16H,2-3,8-13H2,1H3,(H,23,26). The molecule has 0 unspecified atom stereocenters. The van der Waals surface area contributed by atoms with Crippen LogP contribution in [0.15, 0.2) is 28.7 Å². The molecule has 1 amide bonds. The topological polar surface area (TPSA) is 58.4 Å². The van der Waals surface area contributed by atoms with Crippen molar-refractivity contribution in [3.05, 3.63) is 40.7 Å². The summed E-state index contributed by atoms with van der Waals surface area (Å²) in [4.78, 5) is 19.3. The molecular formula is C21H26ClN3O2. The number of carbonyl (C=O) groups is 1. The minimum Gasteiger partial charge on any atom is -0.441 e. The highest BCUT2D eigenvalue weighted by molar-refractivity contribution is 6.30. The Balaban J connectivity index is 1.31. The molecule has 2 aromatic rings. The third-order valence-corrected chi connectivity index (χ3v) is 5.83. The molecule has 0 bridgehead atoms. The summed E-state index contributed by atoms with van der Waals surface area (Å²) in [5.74, 6) is 2.61. The van der Waals surface area contributed by atoms with Crippen molar-refractivity contribution in [2.75, 3.05) is 19.6 Å². The molecule has 2 heterocycles. The Morgan fingerprint density at radius 1 is 1.22 bits per heavy atom. The van der Waals surface area contributed by atoms with Crippen LogP contribution in [0.3, 0.4) is 0 Å². The molecule has 1 aliphatic carbocycles. The monoisotopic (exact) mass is 387 g/mol. The van der Waals surface area contributed by atoms with Crippen LogP contribution < -0.4 is 5.32 Å². The van der Waals surface area contributed by atoms with Gasteiger partial charge in [0.2, 0.25) is 11.8 Å². The van der Waals surface area contributed by atoms with Gasteiger partial charge in [-0.05, 0) is 75.9 Å². The number of halogens is 1. The summed E-state index contributed by atoms with van der Waals surface area (Å²) in [5, 5.41) is 3.82. The Morgan fingerprint density at radius 2 is 1.93 bits per heavy atom. The molecule has 0 atom stereocenters. The summed E-state index contributed by atoms with van der Waals surface area (Å²) >= 11 is 5.95. The first-order valence-electron chi connectivity index (χ1n) is 9.81. The summed E-state index contributed by atoms with van der Waals surface area (Å²) in [6.07, 6.45) is 4.37. The highest BCUT2D eigenvalue weighted by Crippen LogP contribution is 2.28. The number of aryl methyl sites for hydroxylation is 1. The number of oxazole rings is 1. The summed E-state index contributed by atoms with van der Waals surface area (Å²) in [5.41, 5.74) is 1.90. The van der Waals surface area contributed by atoms with Gasteiger partial charge < -0.3 is 9.73 Å². The third kappa shape index (κ3) is 4.71. The van der Waals surface area contributed by atoms with Gasteiger partial charge in [0.25, 0.3) is 0 Å². The number of carbonyl (C=O) groups excluding carboxylic acids is 1. The Hall–Kier alpha value is -1.85. The van der Waals surface area contributed by atoms with E-state index in [0.29, 0.717) is 10.9 Å². The lowest BCUT2D eigenvalue weighted by Crippen LogP contribution is -2.40. The van der Waals surface area contributed by atoms with Crippen LogP contribution in [-0.2, 0) is 11.3 Å². The summed E-state index contributed by atoms with van der Waals surface area (Å²) in [6, 6.07) is 7.52. The Morgan fingerprint density at radius 3 is 2.59 bits per heavy atom. The van der Waals surface area contributed by atoms with Gasteiger partial charge in [-0.2, -0.15) is 0 Å². The molecular weight excluding hydrogens is 362 g/mol. The number of likely N-dealkylation sites (tertiary alicyclic amines) is 1. The van der Waals surface area contributed by atoms with Gasteiger partial charge in [0.1, 0.15) is 5.76 Å². The average molecular weight is 388 g/mol. The van der Waals surface area contributed by atoms with E-state index in [1.807, 2.05) is 31.2 Å². The number of hydrogen-bond acceptors (Lipinski definition) is 4. The van der Waals surface area contributed by atoms with E-state index in [1.165, 1.54) is 12.8 Å². The Kier molecular flexibility index (Phi) is 5.50. The molecule has 6 heteroatoms. The second-order valence-electron chi connectivity index (χ2n) is 7.77. The van der Waals surface area contributed by atoms with Crippen LogP contribution in [0.2, 0.25) is 5.02 Å². The van der Waals surface area contributed by atoms with E-state index < -0.39 is 0 Å². The second kappa shape index (κ2) is 8.03. The van der Waals surface area contributed by atoms with Crippen LogP contribution in [0.5, 0.6) is 0 Å². The quantitative estimate of drug-likeness (QED) is 0.812. The number of amides is 1. The highest BCUT2D eigenvalue weighted by atomic mass is 35.5. The average Bonchev–Trinajstić information content (AvgIpc) is 3.44. The van der Waals surface area contributed by atoms with Crippen molar-refractivity contribution < 1.29 is 9.21 Å². The molecule has 0 radical (unpaired) electrons. The largest absolute Gasteiger partial charge is 0.441 e. The van der Waals surface area contributed by atoms with Gasteiger partial charge in [-0.15, -0.1) is 0 Å². The number of nitrogens with one attached hydrogen (secondary N) is 1. The Labute approximate surface area is 165 Å². The van der Waals surface area contributed by atoms with Crippen molar-refractivity contribution in [2.24, 2.45) is 11.8 Å². The SMILES string of the molecule is Cc1oc(-c2ccc(Cl)cc2)nc1CN1CCC(C(=O)NCC2CC2)CC1. The van der Waals surface area contributed by atoms with Gasteiger partial charge in [0.05, 0.1) is 5.69 Å². The lowest BCUT2D eigenvalue weighted by Gasteiger charge is -2.30. The maximum Gasteiger partial charge on any atom is 0.226 e. The van der Waals surface area contributed by atoms with Crippen molar-refractivity contribution in [3.8, 4) is 11.5 Å². The molecule has 2 aliphatic rings. The predicted octanol–water partition coefficient (Wildman–Crippen LogP) is 4.04. The predicted molar refractivity (Wildman–Crippen MR) is 105 cm³/mol. The first-order chi connectivity index (χ1) is 13.1. The summed E-state index contributed by atoms with van der Waals surface area (Å²) < 4.78 is 5.86. The Bertz CT molecular complexity index is 790. The van der Waals surface area contributed by atoms with Crippen LogP contribution in [0.25, 0.3) is 11.5 Å². The van der Waals surface area contributed by atoms with E-state index >= 15 is 0 Å². The lowest BCUT2D eigenvalue weighted by atomic mass is 9.95. The first kappa shape index (κ1) is 18.5. The zero-order valence-corrected chi connectivity index (χ0v) is 16.5. The van der Waals surface area contributed by atoms with Crippen molar-refractivity contribution >= 4 is 17.5 Å². The van der Waals surface area contributed by atoms with Crippen LogP contribution in [0, 0.1) is 18.8 Å². The van der Waals surface area contributed by atoms with E-state index in [9.17, 15) is 4.79 Å². The maximum absolute atomic E-state index is 12.3. The van der Waals surface area contributed by atoms with E-state index in [1.54, 1.807) is 0 Å². The van der Waals surface area contributed by atoms with Crippen molar-refractivity contribution in [1.82, 2.24) is 15.2 Å². The normalized spacial score (nSPS) is 18.6. The maximum atomic E-state index is 12.3. The van der Waals surface area contributed by atoms with Crippen molar-refractivity contribution in [3.63, 3.8) is 0 Å². The fraction of sp³-hybridized carbons (Fsp3) is 0.524. The van der Waals surface area contributed by atoms with Gasteiger partial charge in [-0.25, -0.2) is 4.98 Å². The van der Waals surface area contributed by atoms with Crippen molar-refractivity contribution in [2.45, 2.75) is 39.2 Å². The summed E-state index contributed by atoms with van der Waals surface area (Å²) in [7, 11) is 0. The van der Waals surface area contributed by atoms with Crippen LogP contribution in [0.1, 0.15) is 37.1 Å². The number of aromatic nitrogens is 1. The van der Waals surface area contributed by atoms with E-state index in [0.717, 1.165) is 62.0 Å². The third-order valence-electron chi connectivity index (χ3n) is 5.58. The molecule has 2 fully saturated rings. The molecule has 1 aromatic heterocycles. The van der Waals surface area contributed by atoms with Gasteiger partial charge in [-0.3, -0.25) is 9.69 Å². The molecule has 4 rings (SSSR count). The number of hydrogen-bond donors (Lipinski definition) is 1. The zero-order valence-electron chi connectivity index (χ0n) is 15.7. The molecule has 1 saturated carbocycles. The minimum atomic E-state index is 0.156. The molecule has 1 saturated heterocycles. The van der Waals surface area contributed by atoms with E-state index in [4.69, 9.17) is 16.0 Å². The lowest BCUT2D eigenvalue weighted by molar-refractivity contribution is -0.126. The van der Waals surface area contributed by atoms with Crippen molar-refractivity contribution in [1.29, 1.82) is 0 Å². The fourth-order valence-electron chi connectivity index (χ4n) is 3.57. The number of piperidine rings is 1. The fourth-order valence-corrected chi connectivity index (χ4v) is 3.69. The number of nitrogens with zero attached hydrogens (tertiary/aromatic N) is 2. The van der Waals surface area contributed by atoms with Crippen LogP contribution >= 0.6 is 11.6 Å². The van der Waals surface area contributed by atoms with Gasteiger partial charge in [0, 0.05) is 29.6 Å². The van der Waals surface area contributed by atoms with E-state index in [2.05, 4.69) is 15.2 Å². The van der Waals surface area contributed by atoms with E-state index in [-0.39, 0.29) is 11.8 Å². The number of benzene rings is 1. The van der Waals surface area contributed by atoms with Gasteiger partial charge >= 0.3 is 0 Å². The van der Waals surface area contributed by atoms with Crippen LogP contribution in [0.4, 0.5) is 0 Å². The van der Waals surface area contributed by atoms with Gasteiger partial charge in [0.15, 0.2) is 0 Å². The van der Waals surface area contributed by atoms with Crippen LogP contribution in [-0.4, -0.2) is 35.4 Å². The molecule has 27 heavy (non-hydrogen) atoms. The van der Waals surface area contributed by atoms with Gasteiger partial charge in [-0.1, -0.05) is 11.6 Å².